The van der Waals surface area contributed by atoms with Crippen molar-refractivity contribution in [3.63, 3.8) is 0 Å². The predicted molar refractivity (Wildman–Crippen MR) is 143 cm³/mol. The van der Waals surface area contributed by atoms with Gasteiger partial charge in [-0.3, -0.25) is 9.59 Å². The minimum atomic E-state index is -0.212. The fourth-order valence-electron chi connectivity index (χ4n) is 3.89. The smallest absolute Gasteiger partial charge is 0.256 e. The maximum atomic E-state index is 12.9. The zero-order valence-corrected chi connectivity index (χ0v) is 19.7. The molecule has 0 unspecified atom stereocenters. The molecule has 1 aromatic heterocycles. The first-order valence-corrected chi connectivity index (χ1v) is 11.6. The van der Waals surface area contributed by atoms with E-state index >= 15 is 0 Å². The molecule has 0 saturated heterocycles. The molecule has 5 aromatic rings. The first-order valence-electron chi connectivity index (χ1n) is 11.6. The van der Waals surface area contributed by atoms with E-state index in [1.165, 1.54) is 0 Å². The first kappa shape index (κ1) is 22.8. The molecule has 0 radical (unpaired) electrons. The van der Waals surface area contributed by atoms with E-state index < -0.39 is 0 Å². The molecule has 1 heterocycles. The molecule has 0 saturated carbocycles. The lowest BCUT2D eigenvalue weighted by Gasteiger charge is -2.11. The van der Waals surface area contributed by atoms with Crippen LogP contribution in [0.1, 0.15) is 26.3 Å². The number of aryl methyl sites for hydroxylation is 1. The summed E-state index contributed by atoms with van der Waals surface area (Å²) >= 11 is 0. The van der Waals surface area contributed by atoms with E-state index in [1.54, 1.807) is 28.9 Å². The Hall–Kier alpha value is -4.97. The zero-order chi connectivity index (χ0) is 24.9. The van der Waals surface area contributed by atoms with Crippen molar-refractivity contribution in [1.29, 1.82) is 0 Å². The van der Waals surface area contributed by atoms with Crippen molar-refractivity contribution in [2.45, 2.75) is 6.92 Å². The van der Waals surface area contributed by atoms with Crippen LogP contribution in [0.3, 0.4) is 0 Å². The van der Waals surface area contributed by atoms with Crippen molar-refractivity contribution in [3.8, 4) is 16.9 Å². The Labute approximate surface area is 209 Å². The predicted octanol–water partition coefficient (Wildman–Crippen LogP) is 6.35. The van der Waals surface area contributed by atoms with Gasteiger partial charge in [0.25, 0.3) is 11.8 Å². The number of benzene rings is 4. The van der Waals surface area contributed by atoms with E-state index in [9.17, 15) is 9.59 Å². The second-order valence-corrected chi connectivity index (χ2v) is 8.33. The van der Waals surface area contributed by atoms with Gasteiger partial charge in [-0.05, 0) is 55.0 Å². The second kappa shape index (κ2) is 10.1. The largest absolute Gasteiger partial charge is 0.322 e. The topological polar surface area (TPSA) is 76.0 Å². The molecule has 0 aliphatic heterocycles. The first-order chi connectivity index (χ1) is 17.6. The zero-order valence-electron chi connectivity index (χ0n) is 19.7. The van der Waals surface area contributed by atoms with Crippen LogP contribution in [0.25, 0.3) is 16.9 Å². The maximum absolute atomic E-state index is 12.9. The number of rotatable bonds is 6. The number of para-hydroxylation sites is 1. The Morgan fingerprint density at radius 3 is 1.83 bits per heavy atom. The molecule has 0 bridgehead atoms. The van der Waals surface area contributed by atoms with Gasteiger partial charge in [0, 0.05) is 28.4 Å². The lowest BCUT2D eigenvalue weighted by atomic mass is 10.1. The molecule has 0 aliphatic carbocycles. The summed E-state index contributed by atoms with van der Waals surface area (Å²) in [4.78, 5) is 25.4. The molecule has 2 amide bonds. The molecule has 0 fully saturated rings. The van der Waals surface area contributed by atoms with Crippen molar-refractivity contribution in [1.82, 2.24) is 9.78 Å². The fraction of sp³-hybridized carbons (Fsp3) is 0.0333. The highest BCUT2D eigenvalue weighted by Crippen LogP contribution is 2.27. The highest BCUT2D eigenvalue weighted by atomic mass is 16.2. The quantitative estimate of drug-likeness (QED) is 0.302. The van der Waals surface area contributed by atoms with Crippen LogP contribution in [0.2, 0.25) is 0 Å². The van der Waals surface area contributed by atoms with Gasteiger partial charge in [0.15, 0.2) is 0 Å². The summed E-state index contributed by atoms with van der Waals surface area (Å²) in [6, 6.07) is 35.4. The van der Waals surface area contributed by atoms with E-state index in [4.69, 9.17) is 5.10 Å². The van der Waals surface area contributed by atoms with Gasteiger partial charge in [0.05, 0.1) is 11.4 Å². The van der Waals surface area contributed by atoms with Gasteiger partial charge < -0.3 is 10.6 Å². The second-order valence-electron chi connectivity index (χ2n) is 8.33. The minimum absolute atomic E-state index is 0.168. The molecule has 36 heavy (non-hydrogen) atoms. The van der Waals surface area contributed by atoms with Gasteiger partial charge in [-0.2, -0.15) is 5.10 Å². The molecule has 0 aliphatic rings. The van der Waals surface area contributed by atoms with Crippen LogP contribution in [0, 0.1) is 6.92 Å². The summed E-state index contributed by atoms with van der Waals surface area (Å²) < 4.78 is 1.75. The number of nitrogens with one attached hydrogen (secondary N) is 2. The van der Waals surface area contributed by atoms with Gasteiger partial charge in [0.1, 0.15) is 5.82 Å². The average Bonchev–Trinajstić information content (AvgIpc) is 3.33. The van der Waals surface area contributed by atoms with Gasteiger partial charge in [-0.1, -0.05) is 66.7 Å². The standard InChI is InChI=1S/C30H24N4O2/c1-21-10-8-9-15-27(21)34-28(32-30(36)24-13-6-3-7-14-24)20-26(33-34)22-16-18-25(19-17-22)31-29(35)23-11-4-2-5-12-23/h2-20H,1H3,(H,31,35)(H,32,36). The van der Waals surface area contributed by atoms with Crippen molar-refractivity contribution in [2.75, 3.05) is 10.6 Å². The number of amides is 2. The van der Waals surface area contributed by atoms with E-state index in [0.717, 1.165) is 16.8 Å². The van der Waals surface area contributed by atoms with Gasteiger partial charge in [-0.25, -0.2) is 4.68 Å². The summed E-state index contributed by atoms with van der Waals surface area (Å²) in [5.41, 5.74) is 5.30. The fourth-order valence-corrected chi connectivity index (χ4v) is 3.89. The molecule has 176 valence electrons. The van der Waals surface area contributed by atoms with E-state index in [2.05, 4.69) is 10.6 Å². The molecule has 4 aromatic carbocycles. The molecular weight excluding hydrogens is 448 g/mol. The highest BCUT2D eigenvalue weighted by Gasteiger charge is 2.16. The number of carbonyl (C=O) groups is 2. The third kappa shape index (κ3) is 4.93. The number of carbonyl (C=O) groups excluding carboxylic acids is 2. The lowest BCUT2D eigenvalue weighted by molar-refractivity contribution is 0.101. The van der Waals surface area contributed by atoms with Crippen LogP contribution >= 0.6 is 0 Å². The number of nitrogens with zero attached hydrogens (tertiary/aromatic N) is 2. The van der Waals surface area contributed by atoms with Crippen LogP contribution in [0.4, 0.5) is 11.5 Å². The van der Waals surface area contributed by atoms with Gasteiger partial charge >= 0.3 is 0 Å². The van der Waals surface area contributed by atoms with Crippen molar-refractivity contribution >= 4 is 23.3 Å². The Bertz CT molecular complexity index is 1510. The monoisotopic (exact) mass is 472 g/mol. The van der Waals surface area contributed by atoms with Crippen LogP contribution < -0.4 is 10.6 Å². The molecule has 2 N–H and O–H groups in total. The van der Waals surface area contributed by atoms with E-state index in [0.29, 0.717) is 28.3 Å². The Morgan fingerprint density at radius 2 is 1.22 bits per heavy atom. The molecule has 0 atom stereocenters. The normalized spacial score (nSPS) is 10.6. The summed E-state index contributed by atoms with van der Waals surface area (Å²) in [5.74, 6) is 0.184. The summed E-state index contributed by atoms with van der Waals surface area (Å²) in [5, 5.41) is 10.7. The molecule has 5 rings (SSSR count). The summed E-state index contributed by atoms with van der Waals surface area (Å²) in [7, 11) is 0. The van der Waals surface area contributed by atoms with Crippen LogP contribution in [-0.4, -0.2) is 21.6 Å². The van der Waals surface area contributed by atoms with E-state index in [1.807, 2.05) is 97.9 Å². The average molecular weight is 473 g/mol. The maximum Gasteiger partial charge on any atom is 0.256 e. The summed E-state index contributed by atoms with van der Waals surface area (Å²) in [6.45, 7) is 2.00. The molecule has 0 spiro atoms. The third-order valence-corrected chi connectivity index (χ3v) is 5.81. The molecular formula is C30H24N4O2. The van der Waals surface area contributed by atoms with Crippen molar-refractivity contribution in [3.05, 3.63) is 132 Å². The van der Waals surface area contributed by atoms with Crippen molar-refractivity contribution < 1.29 is 9.59 Å². The SMILES string of the molecule is Cc1ccccc1-n1nc(-c2ccc(NC(=O)c3ccccc3)cc2)cc1NC(=O)c1ccccc1. The van der Waals surface area contributed by atoms with Crippen LogP contribution in [0.5, 0.6) is 0 Å². The number of hydrogen-bond donors (Lipinski definition) is 2. The van der Waals surface area contributed by atoms with Crippen LogP contribution in [-0.2, 0) is 0 Å². The Balaban J connectivity index is 1.44. The third-order valence-electron chi connectivity index (χ3n) is 5.81. The Kier molecular flexibility index (Phi) is 6.40. The summed E-state index contributed by atoms with van der Waals surface area (Å²) in [6.07, 6.45) is 0. The molecule has 6 heteroatoms. The number of hydrogen-bond acceptors (Lipinski definition) is 3. The van der Waals surface area contributed by atoms with E-state index in [-0.39, 0.29) is 11.8 Å². The Morgan fingerprint density at radius 1 is 0.667 bits per heavy atom. The van der Waals surface area contributed by atoms with Crippen LogP contribution in [0.15, 0.2) is 115 Å². The van der Waals surface area contributed by atoms with Gasteiger partial charge in [-0.15, -0.1) is 0 Å². The number of aromatic nitrogens is 2. The highest BCUT2D eigenvalue weighted by molar-refractivity contribution is 6.05. The molecule has 6 nitrogen and oxygen atoms in total. The van der Waals surface area contributed by atoms with Gasteiger partial charge in [0.2, 0.25) is 0 Å². The van der Waals surface area contributed by atoms with Crippen molar-refractivity contribution in [2.24, 2.45) is 0 Å². The minimum Gasteiger partial charge on any atom is -0.322 e. The number of anilines is 2. The lowest BCUT2D eigenvalue weighted by Crippen LogP contribution is -2.15.